The number of nitrogens with zero attached hydrogens (tertiary/aromatic N) is 1. The van der Waals surface area contributed by atoms with Crippen LogP contribution in [0.5, 0.6) is 0 Å². The van der Waals surface area contributed by atoms with Gasteiger partial charge in [-0.1, -0.05) is 29.8 Å². The molecular formula is C31H32ClF5N4O4. The largest absolute Gasteiger partial charge is 0.448 e. The summed E-state index contributed by atoms with van der Waals surface area (Å²) in [6.45, 7) is 0.509. The van der Waals surface area contributed by atoms with Gasteiger partial charge in [-0.25, -0.2) is 13.6 Å². The van der Waals surface area contributed by atoms with Crippen LogP contribution in [0.3, 0.4) is 0 Å². The lowest BCUT2D eigenvalue weighted by Crippen LogP contribution is -2.49. The Balaban J connectivity index is 1.34. The molecule has 14 heteroatoms. The predicted octanol–water partition coefficient (Wildman–Crippen LogP) is 6.06. The SMILES string of the molecule is Cc1cc(F)cc([C@@H](CC(=O)Nc2cncc(F)c2CC[C@@H]2CN[C@H](COC(=O)NCC(F)(F)F)CO2)c2ccc(Cl)cc2)c1. The van der Waals surface area contributed by atoms with Crippen molar-refractivity contribution in [1.82, 2.24) is 15.6 Å². The Morgan fingerprint density at radius 1 is 1.13 bits per heavy atom. The molecule has 2 aromatic carbocycles. The number of benzene rings is 2. The van der Waals surface area contributed by atoms with Crippen LogP contribution >= 0.6 is 11.6 Å². The molecule has 1 aliphatic heterocycles. The maximum atomic E-state index is 14.9. The lowest BCUT2D eigenvalue weighted by molar-refractivity contribution is -0.124. The number of aryl methyl sites for hydroxylation is 1. The molecule has 0 spiro atoms. The smallest absolute Gasteiger partial charge is 0.407 e. The molecule has 242 valence electrons. The molecule has 1 aromatic heterocycles. The van der Waals surface area contributed by atoms with E-state index in [-0.39, 0.29) is 43.4 Å². The van der Waals surface area contributed by atoms with Gasteiger partial charge in [-0.2, -0.15) is 13.2 Å². The number of anilines is 1. The summed E-state index contributed by atoms with van der Waals surface area (Å²) in [4.78, 5) is 28.6. The fourth-order valence-corrected chi connectivity index (χ4v) is 5.09. The molecular weight excluding hydrogens is 623 g/mol. The lowest BCUT2D eigenvalue weighted by Gasteiger charge is -2.30. The van der Waals surface area contributed by atoms with Crippen LogP contribution in [0.25, 0.3) is 0 Å². The minimum Gasteiger partial charge on any atom is -0.448 e. The number of aromatic nitrogens is 1. The van der Waals surface area contributed by atoms with E-state index >= 15 is 0 Å². The second-order valence-corrected chi connectivity index (χ2v) is 11.2. The minimum absolute atomic E-state index is 0.0617. The molecule has 0 bridgehead atoms. The van der Waals surface area contributed by atoms with E-state index in [0.717, 1.165) is 11.8 Å². The van der Waals surface area contributed by atoms with E-state index in [9.17, 15) is 31.5 Å². The van der Waals surface area contributed by atoms with Crippen LogP contribution in [-0.4, -0.2) is 61.6 Å². The number of alkyl carbamates (subject to hydrolysis) is 1. The topological polar surface area (TPSA) is 102 Å². The van der Waals surface area contributed by atoms with Crippen LogP contribution in [0.2, 0.25) is 5.02 Å². The van der Waals surface area contributed by atoms with Gasteiger partial charge in [-0.3, -0.25) is 9.78 Å². The number of carbonyl (C=O) groups is 2. The zero-order valence-electron chi connectivity index (χ0n) is 24.2. The molecule has 2 amide bonds. The third-order valence-corrected chi connectivity index (χ3v) is 7.39. The van der Waals surface area contributed by atoms with Crippen molar-refractivity contribution in [2.45, 2.75) is 50.4 Å². The zero-order chi connectivity index (χ0) is 32.6. The summed E-state index contributed by atoms with van der Waals surface area (Å²) in [7, 11) is 0. The third kappa shape index (κ3) is 10.6. The molecule has 3 atom stereocenters. The zero-order valence-corrected chi connectivity index (χ0v) is 25.0. The first-order valence-electron chi connectivity index (χ1n) is 14.1. The van der Waals surface area contributed by atoms with Crippen molar-refractivity contribution in [3.63, 3.8) is 0 Å². The summed E-state index contributed by atoms with van der Waals surface area (Å²) in [6.07, 6.45) is -3.17. The van der Waals surface area contributed by atoms with E-state index in [4.69, 9.17) is 21.1 Å². The lowest BCUT2D eigenvalue weighted by atomic mass is 9.87. The summed E-state index contributed by atoms with van der Waals surface area (Å²) in [5.41, 5.74) is 2.49. The highest BCUT2D eigenvalue weighted by atomic mass is 35.5. The number of morpholine rings is 1. The highest BCUT2D eigenvalue weighted by Gasteiger charge is 2.29. The van der Waals surface area contributed by atoms with Gasteiger partial charge in [0.15, 0.2) is 0 Å². The van der Waals surface area contributed by atoms with Gasteiger partial charge in [0.1, 0.15) is 24.8 Å². The molecule has 8 nitrogen and oxygen atoms in total. The Labute approximate surface area is 261 Å². The number of hydrogen-bond donors (Lipinski definition) is 3. The molecule has 0 aliphatic carbocycles. The molecule has 45 heavy (non-hydrogen) atoms. The van der Waals surface area contributed by atoms with E-state index in [1.807, 2.05) is 6.07 Å². The second kappa shape index (κ2) is 15.5. The Morgan fingerprint density at radius 2 is 1.89 bits per heavy atom. The van der Waals surface area contributed by atoms with Crippen molar-refractivity contribution < 1.29 is 41.0 Å². The molecule has 3 N–H and O–H groups in total. The van der Waals surface area contributed by atoms with Crippen LogP contribution < -0.4 is 16.0 Å². The van der Waals surface area contributed by atoms with Crippen LogP contribution in [0.15, 0.2) is 54.9 Å². The van der Waals surface area contributed by atoms with E-state index < -0.39 is 48.3 Å². The highest BCUT2D eigenvalue weighted by molar-refractivity contribution is 6.30. The molecule has 1 fully saturated rings. The third-order valence-electron chi connectivity index (χ3n) is 7.14. The van der Waals surface area contributed by atoms with Crippen LogP contribution in [-0.2, 0) is 20.7 Å². The van der Waals surface area contributed by atoms with Crippen LogP contribution in [0.1, 0.15) is 41.0 Å². The van der Waals surface area contributed by atoms with Gasteiger partial charge in [-0.15, -0.1) is 0 Å². The highest BCUT2D eigenvalue weighted by Crippen LogP contribution is 2.31. The summed E-state index contributed by atoms with van der Waals surface area (Å²) >= 11 is 6.05. The number of halogens is 6. The van der Waals surface area contributed by atoms with Crippen molar-refractivity contribution in [1.29, 1.82) is 0 Å². The minimum atomic E-state index is -4.54. The van der Waals surface area contributed by atoms with Crippen molar-refractivity contribution >= 4 is 29.3 Å². The van der Waals surface area contributed by atoms with Gasteiger partial charge >= 0.3 is 12.3 Å². The number of pyridine rings is 1. The van der Waals surface area contributed by atoms with Crippen molar-refractivity contribution in [2.75, 3.05) is 31.6 Å². The van der Waals surface area contributed by atoms with Gasteiger partial charge in [0, 0.05) is 29.5 Å². The Bertz CT molecular complexity index is 1450. The van der Waals surface area contributed by atoms with Crippen LogP contribution in [0.4, 0.5) is 32.4 Å². The van der Waals surface area contributed by atoms with E-state index in [2.05, 4.69) is 15.6 Å². The van der Waals surface area contributed by atoms with Gasteiger partial charge in [0.2, 0.25) is 5.91 Å². The summed E-state index contributed by atoms with van der Waals surface area (Å²) in [5, 5.41) is 7.99. The molecule has 0 unspecified atom stereocenters. The quantitative estimate of drug-likeness (QED) is 0.217. The summed E-state index contributed by atoms with van der Waals surface area (Å²) in [6, 6.07) is 11.1. The van der Waals surface area contributed by atoms with E-state index in [0.29, 0.717) is 29.1 Å². The number of alkyl halides is 3. The fourth-order valence-electron chi connectivity index (χ4n) is 4.96. The second-order valence-electron chi connectivity index (χ2n) is 10.7. The fraction of sp³-hybridized carbons (Fsp3) is 0.387. The van der Waals surface area contributed by atoms with Crippen LogP contribution in [0, 0.1) is 18.6 Å². The summed E-state index contributed by atoms with van der Waals surface area (Å²) < 4.78 is 76.4. The van der Waals surface area contributed by atoms with Gasteiger partial charge in [0.05, 0.1) is 36.8 Å². The first-order valence-corrected chi connectivity index (χ1v) is 14.5. The van der Waals surface area contributed by atoms with E-state index in [1.54, 1.807) is 36.5 Å². The number of nitrogens with one attached hydrogen (secondary N) is 3. The Kier molecular flexibility index (Phi) is 11.7. The predicted molar refractivity (Wildman–Crippen MR) is 157 cm³/mol. The molecule has 1 aliphatic rings. The van der Waals surface area contributed by atoms with Crippen molar-refractivity contribution in [3.05, 3.63) is 93.8 Å². The number of rotatable bonds is 11. The van der Waals surface area contributed by atoms with E-state index in [1.165, 1.54) is 18.3 Å². The number of ether oxygens (including phenoxy) is 2. The Morgan fingerprint density at radius 3 is 2.56 bits per heavy atom. The molecule has 2 heterocycles. The van der Waals surface area contributed by atoms with Gasteiger partial charge < -0.3 is 25.4 Å². The number of hydrogen-bond acceptors (Lipinski definition) is 6. The Hall–Kier alpha value is -3.81. The molecule has 4 rings (SSSR count). The molecule has 0 radical (unpaired) electrons. The monoisotopic (exact) mass is 654 g/mol. The standard InChI is InChI=1S/C31H32ClF5N4O4/c1-18-8-20(10-22(33)9-18)26(19-2-4-21(32)5-3-19)11-29(42)41-28-14-38-13-27(34)25(28)7-6-24-12-39-23(15-44-24)16-45-30(43)40-17-31(35,36)37/h2-5,8-10,13-14,23-24,26,39H,6-7,11-12,15-17H2,1H3,(H,40,43)(H,41,42)/t23-,24+,26-/m0/s1. The molecule has 1 saturated heterocycles. The normalized spacial score (nSPS) is 17.4. The number of amides is 2. The number of carbonyl (C=O) groups excluding carboxylic acids is 2. The maximum absolute atomic E-state index is 14.9. The summed E-state index contributed by atoms with van der Waals surface area (Å²) in [5.74, 6) is -1.97. The molecule has 0 saturated carbocycles. The first kappa shape index (κ1) is 34.1. The maximum Gasteiger partial charge on any atom is 0.407 e. The average Bonchev–Trinajstić information content (AvgIpc) is 2.98. The van der Waals surface area contributed by atoms with Crippen molar-refractivity contribution in [2.24, 2.45) is 0 Å². The van der Waals surface area contributed by atoms with Gasteiger partial charge in [0.25, 0.3) is 0 Å². The molecule has 3 aromatic rings. The average molecular weight is 655 g/mol. The van der Waals surface area contributed by atoms with Gasteiger partial charge in [-0.05, 0) is 60.7 Å². The van der Waals surface area contributed by atoms with Crippen molar-refractivity contribution in [3.8, 4) is 0 Å². The first-order chi connectivity index (χ1) is 21.4.